The molecule has 0 heterocycles. The lowest BCUT2D eigenvalue weighted by atomic mass is 10.1. The van der Waals surface area contributed by atoms with E-state index in [4.69, 9.17) is 11.5 Å². The number of amides is 2. The molecule has 0 radical (unpaired) electrons. The van der Waals surface area contributed by atoms with Crippen molar-refractivity contribution in [2.24, 2.45) is 5.73 Å². The zero-order valence-corrected chi connectivity index (χ0v) is 11.7. The Kier molecular flexibility index (Phi) is 4.23. The smallest absolute Gasteiger partial charge is 0.255 e. The van der Waals surface area contributed by atoms with E-state index < -0.39 is 5.91 Å². The second-order valence-electron chi connectivity index (χ2n) is 4.83. The summed E-state index contributed by atoms with van der Waals surface area (Å²) in [5.74, 6) is -0.699. The molecule has 2 amide bonds. The molecule has 2 rings (SSSR count). The number of carbonyl (C=O) groups is 2. The van der Waals surface area contributed by atoms with Crippen molar-refractivity contribution in [1.82, 2.24) is 0 Å². The number of primary amides is 1. The molecule has 0 unspecified atom stereocenters. The van der Waals surface area contributed by atoms with Crippen LogP contribution in [0.4, 0.5) is 11.4 Å². The molecule has 5 nitrogen and oxygen atoms in total. The molecule has 0 saturated carbocycles. The van der Waals surface area contributed by atoms with E-state index in [9.17, 15) is 9.59 Å². The van der Waals surface area contributed by atoms with Gasteiger partial charge in [0, 0.05) is 16.9 Å². The molecule has 2 aromatic carbocycles. The monoisotopic (exact) mass is 283 g/mol. The number of rotatable bonds is 4. The molecule has 0 saturated heterocycles. The van der Waals surface area contributed by atoms with Crippen LogP contribution in [-0.2, 0) is 11.2 Å². The van der Waals surface area contributed by atoms with Gasteiger partial charge in [-0.25, -0.2) is 0 Å². The maximum absolute atomic E-state index is 12.2. The summed E-state index contributed by atoms with van der Waals surface area (Å²) in [4.78, 5) is 23.3. The van der Waals surface area contributed by atoms with Crippen LogP contribution in [0.15, 0.2) is 42.5 Å². The summed E-state index contributed by atoms with van der Waals surface area (Å²) in [5, 5.41) is 2.79. The van der Waals surface area contributed by atoms with Crippen LogP contribution in [0.5, 0.6) is 0 Å². The van der Waals surface area contributed by atoms with Gasteiger partial charge in [-0.15, -0.1) is 0 Å². The minimum absolute atomic E-state index is 0.0806. The van der Waals surface area contributed by atoms with E-state index in [-0.39, 0.29) is 12.3 Å². The van der Waals surface area contributed by atoms with Crippen LogP contribution < -0.4 is 16.8 Å². The number of carbonyl (C=O) groups excluding carboxylic acids is 2. The lowest BCUT2D eigenvalue weighted by Crippen LogP contribution is -2.17. The number of nitrogen functional groups attached to an aromatic ring is 1. The van der Waals surface area contributed by atoms with Gasteiger partial charge in [-0.1, -0.05) is 18.2 Å². The van der Waals surface area contributed by atoms with Crippen LogP contribution in [0, 0.1) is 6.92 Å². The van der Waals surface area contributed by atoms with Crippen LogP contribution in [0.25, 0.3) is 0 Å². The molecule has 0 aliphatic carbocycles. The zero-order chi connectivity index (χ0) is 15.4. The minimum atomic E-state index is -0.444. The lowest BCUT2D eigenvalue weighted by Gasteiger charge is -2.11. The molecule has 0 aliphatic rings. The molecule has 21 heavy (non-hydrogen) atoms. The third-order valence-electron chi connectivity index (χ3n) is 3.16. The lowest BCUT2D eigenvalue weighted by molar-refractivity contribution is -0.117. The molecule has 108 valence electrons. The summed E-state index contributed by atoms with van der Waals surface area (Å²) in [6.07, 6.45) is 0.0806. The van der Waals surface area contributed by atoms with Gasteiger partial charge in [-0.05, 0) is 42.3 Å². The van der Waals surface area contributed by atoms with Crippen LogP contribution in [0.3, 0.4) is 0 Å². The van der Waals surface area contributed by atoms with Crippen molar-refractivity contribution in [1.29, 1.82) is 0 Å². The quantitative estimate of drug-likeness (QED) is 0.747. The highest BCUT2D eigenvalue weighted by atomic mass is 16.2. The van der Waals surface area contributed by atoms with Gasteiger partial charge in [0.15, 0.2) is 0 Å². The average molecular weight is 283 g/mol. The number of hydrogen-bond donors (Lipinski definition) is 3. The zero-order valence-electron chi connectivity index (χ0n) is 11.7. The van der Waals surface area contributed by atoms with Crippen molar-refractivity contribution in [3.8, 4) is 0 Å². The third kappa shape index (κ3) is 3.60. The third-order valence-corrected chi connectivity index (χ3v) is 3.16. The largest absolute Gasteiger partial charge is 0.399 e. The fourth-order valence-electron chi connectivity index (χ4n) is 2.00. The molecule has 0 aliphatic heterocycles. The van der Waals surface area contributed by atoms with Gasteiger partial charge in [-0.3, -0.25) is 9.59 Å². The predicted molar refractivity (Wildman–Crippen MR) is 82.9 cm³/mol. The predicted octanol–water partition coefficient (Wildman–Crippen LogP) is 1.86. The van der Waals surface area contributed by atoms with Crippen LogP contribution in [0.2, 0.25) is 0 Å². The van der Waals surface area contributed by atoms with Crippen molar-refractivity contribution in [3.63, 3.8) is 0 Å². The Morgan fingerprint density at radius 3 is 2.52 bits per heavy atom. The molecule has 2 aromatic rings. The van der Waals surface area contributed by atoms with Gasteiger partial charge in [0.2, 0.25) is 5.91 Å². The van der Waals surface area contributed by atoms with Gasteiger partial charge in [0.25, 0.3) is 5.91 Å². The number of para-hydroxylation sites is 1. The number of nitrogens with two attached hydrogens (primary N) is 2. The summed E-state index contributed by atoms with van der Waals surface area (Å²) in [6, 6.07) is 12.2. The molecular weight excluding hydrogens is 266 g/mol. The van der Waals surface area contributed by atoms with Crippen LogP contribution in [0.1, 0.15) is 21.5 Å². The normalized spacial score (nSPS) is 10.1. The highest BCUT2D eigenvalue weighted by molar-refractivity contribution is 6.05. The van der Waals surface area contributed by atoms with Crippen molar-refractivity contribution >= 4 is 23.2 Å². The van der Waals surface area contributed by atoms with Gasteiger partial charge in [0.05, 0.1) is 6.42 Å². The first-order valence-electron chi connectivity index (χ1n) is 6.51. The Morgan fingerprint density at radius 1 is 1.14 bits per heavy atom. The van der Waals surface area contributed by atoms with E-state index in [0.717, 1.165) is 5.56 Å². The second-order valence-corrected chi connectivity index (χ2v) is 4.83. The highest BCUT2D eigenvalue weighted by Crippen LogP contribution is 2.18. The Labute approximate surface area is 123 Å². The van der Waals surface area contributed by atoms with Crippen molar-refractivity contribution in [2.45, 2.75) is 13.3 Å². The van der Waals surface area contributed by atoms with Gasteiger partial charge in [-0.2, -0.15) is 0 Å². The van der Waals surface area contributed by atoms with E-state index in [1.807, 2.05) is 6.92 Å². The number of benzene rings is 2. The Balaban J connectivity index is 2.23. The van der Waals surface area contributed by atoms with Crippen molar-refractivity contribution in [3.05, 3.63) is 59.2 Å². The Hall–Kier alpha value is -2.82. The van der Waals surface area contributed by atoms with E-state index in [1.165, 1.54) is 0 Å². The molecule has 5 N–H and O–H groups in total. The van der Waals surface area contributed by atoms with Crippen LogP contribution in [-0.4, -0.2) is 11.8 Å². The molecule has 0 aromatic heterocycles. The fraction of sp³-hybridized carbons (Fsp3) is 0.125. The van der Waals surface area contributed by atoms with E-state index in [2.05, 4.69) is 5.32 Å². The van der Waals surface area contributed by atoms with Gasteiger partial charge >= 0.3 is 0 Å². The number of nitrogens with one attached hydrogen (secondary N) is 1. The van der Waals surface area contributed by atoms with E-state index in [1.54, 1.807) is 42.5 Å². The summed E-state index contributed by atoms with van der Waals surface area (Å²) in [5.41, 5.74) is 14.2. The summed E-state index contributed by atoms with van der Waals surface area (Å²) in [7, 11) is 0. The Morgan fingerprint density at radius 2 is 1.86 bits per heavy atom. The fourth-order valence-corrected chi connectivity index (χ4v) is 2.00. The average Bonchev–Trinajstić information content (AvgIpc) is 2.43. The number of anilines is 2. The number of aryl methyl sites for hydroxylation is 1. The first-order chi connectivity index (χ1) is 9.97. The van der Waals surface area contributed by atoms with Crippen molar-refractivity contribution < 1.29 is 9.59 Å². The minimum Gasteiger partial charge on any atom is -0.399 e. The molecular formula is C16H17N3O2. The molecule has 0 atom stereocenters. The molecule has 0 spiro atoms. The summed E-state index contributed by atoms with van der Waals surface area (Å²) in [6.45, 7) is 1.84. The SMILES string of the molecule is Cc1cc(C(=O)Nc2ccccc2CC(N)=O)ccc1N. The Bertz CT molecular complexity index is 696. The van der Waals surface area contributed by atoms with E-state index in [0.29, 0.717) is 22.5 Å². The maximum atomic E-state index is 12.2. The first-order valence-corrected chi connectivity index (χ1v) is 6.51. The van der Waals surface area contributed by atoms with Gasteiger partial charge in [0.1, 0.15) is 0 Å². The van der Waals surface area contributed by atoms with E-state index >= 15 is 0 Å². The molecule has 5 heteroatoms. The van der Waals surface area contributed by atoms with Gasteiger partial charge < -0.3 is 16.8 Å². The second kappa shape index (κ2) is 6.09. The summed E-state index contributed by atoms with van der Waals surface area (Å²) < 4.78 is 0. The van der Waals surface area contributed by atoms with Crippen molar-refractivity contribution in [2.75, 3.05) is 11.1 Å². The first kappa shape index (κ1) is 14.6. The molecule has 0 bridgehead atoms. The number of hydrogen-bond acceptors (Lipinski definition) is 3. The molecule has 0 fully saturated rings. The van der Waals surface area contributed by atoms with Crippen LogP contribution >= 0.6 is 0 Å². The topological polar surface area (TPSA) is 98.2 Å². The highest BCUT2D eigenvalue weighted by Gasteiger charge is 2.11. The maximum Gasteiger partial charge on any atom is 0.255 e. The standard InChI is InChI=1S/C16H17N3O2/c1-10-8-12(6-7-13(10)17)16(21)19-14-5-3-2-4-11(14)9-15(18)20/h2-8H,9,17H2,1H3,(H2,18,20)(H,19,21). The summed E-state index contributed by atoms with van der Waals surface area (Å²) >= 11 is 0.